The molecule has 1 aliphatic heterocycles. The van der Waals surface area contributed by atoms with E-state index >= 15 is 0 Å². The Hall–Kier alpha value is -2.22. The van der Waals surface area contributed by atoms with Crippen LogP contribution >= 0.6 is 0 Å². The highest BCUT2D eigenvalue weighted by molar-refractivity contribution is 5.92. The van der Waals surface area contributed by atoms with Gasteiger partial charge in [-0.2, -0.15) is 0 Å². The molecule has 1 aromatic rings. The Labute approximate surface area is 141 Å². The summed E-state index contributed by atoms with van der Waals surface area (Å²) in [5.74, 6) is 0. The van der Waals surface area contributed by atoms with E-state index < -0.39 is 22.2 Å². The molecule has 1 atom stereocenters. The van der Waals surface area contributed by atoms with Gasteiger partial charge in [0.1, 0.15) is 17.5 Å². The molecule has 1 fully saturated rings. The summed E-state index contributed by atoms with van der Waals surface area (Å²) in [6, 6.07) is 1.49. The van der Waals surface area contributed by atoms with E-state index in [-0.39, 0.29) is 11.4 Å². The number of hydrogen-bond donors (Lipinski definition) is 1. The molecule has 1 unspecified atom stereocenters. The lowest BCUT2D eigenvalue weighted by Gasteiger charge is -2.43. The lowest BCUT2D eigenvalue weighted by atomic mass is 9.90. The number of nitrogens with zero attached hydrogens (tertiary/aromatic N) is 3. The first kappa shape index (κ1) is 18.1. The number of nitro groups is 1. The summed E-state index contributed by atoms with van der Waals surface area (Å²) >= 11 is 0. The highest BCUT2D eigenvalue weighted by Crippen LogP contribution is 2.36. The molecule has 0 aromatic carbocycles. The maximum atomic E-state index is 12.9. The lowest BCUT2D eigenvalue weighted by molar-refractivity contribution is -0.384. The first-order valence-electron chi connectivity index (χ1n) is 7.96. The van der Waals surface area contributed by atoms with Crippen molar-refractivity contribution in [3.63, 3.8) is 0 Å². The largest absolute Gasteiger partial charge is 0.443 e. The zero-order valence-electron chi connectivity index (χ0n) is 14.5. The highest BCUT2D eigenvalue weighted by atomic mass is 16.6. The van der Waals surface area contributed by atoms with Gasteiger partial charge in [0.25, 0.3) is 0 Å². The van der Waals surface area contributed by atoms with Crippen molar-refractivity contribution in [2.45, 2.75) is 51.7 Å². The van der Waals surface area contributed by atoms with Crippen molar-refractivity contribution in [3.8, 4) is 0 Å². The van der Waals surface area contributed by atoms with Crippen LogP contribution in [-0.4, -0.2) is 40.2 Å². The molecule has 1 aliphatic rings. The maximum absolute atomic E-state index is 12.9. The Morgan fingerprint density at radius 2 is 2.21 bits per heavy atom. The number of piperidine rings is 1. The molecule has 0 aliphatic carbocycles. The topological polar surface area (TPSA) is 97.6 Å². The molecule has 2 rings (SSSR count). The molecule has 1 saturated heterocycles. The van der Waals surface area contributed by atoms with Crippen LogP contribution < -0.4 is 10.2 Å². The number of pyridine rings is 1. The number of amides is 1. The van der Waals surface area contributed by atoms with E-state index in [1.54, 1.807) is 20.8 Å². The Morgan fingerprint density at radius 3 is 2.75 bits per heavy atom. The van der Waals surface area contributed by atoms with Crippen LogP contribution in [0.4, 0.5) is 16.2 Å². The fraction of sp³-hybridized carbons (Fsp3) is 0.625. The first-order chi connectivity index (χ1) is 11.1. The van der Waals surface area contributed by atoms with Gasteiger partial charge in [0.2, 0.25) is 0 Å². The number of rotatable bonds is 3. The van der Waals surface area contributed by atoms with Gasteiger partial charge in [-0.05, 0) is 53.1 Å². The van der Waals surface area contributed by atoms with Gasteiger partial charge in [-0.1, -0.05) is 0 Å². The molecular weight excluding hydrogens is 312 g/mol. The van der Waals surface area contributed by atoms with Crippen LogP contribution in [0.1, 0.15) is 40.5 Å². The molecule has 8 nitrogen and oxygen atoms in total. The fourth-order valence-corrected chi connectivity index (χ4v) is 2.86. The fourth-order valence-electron chi connectivity index (χ4n) is 2.86. The third-order valence-electron chi connectivity index (χ3n) is 3.91. The normalized spacial score (nSPS) is 21.2. The molecule has 2 heterocycles. The molecule has 1 amide bonds. The minimum Gasteiger partial charge on any atom is -0.443 e. The van der Waals surface area contributed by atoms with Crippen LogP contribution in [0, 0.1) is 10.1 Å². The van der Waals surface area contributed by atoms with E-state index in [2.05, 4.69) is 10.3 Å². The third-order valence-corrected chi connectivity index (χ3v) is 3.91. The Bertz CT molecular complexity index is 621. The van der Waals surface area contributed by atoms with Gasteiger partial charge in [-0.25, -0.2) is 4.79 Å². The summed E-state index contributed by atoms with van der Waals surface area (Å²) in [5.41, 5.74) is -1.33. The van der Waals surface area contributed by atoms with Gasteiger partial charge >= 0.3 is 11.8 Å². The van der Waals surface area contributed by atoms with Crippen molar-refractivity contribution in [2.75, 3.05) is 18.0 Å². The summed E-state index contributed by atoms with van der Waals surface area (Å²) in [5, 5.41) is 14.6. The van der Waals surface area contributed by atoms with Crippen molar-refractivity contribution in [2.24, 2.45) is 0 Å². The number of hydrogen-bond acceptors (Lipinski definition) is 6. The standard InChI is InChI=1S/C16H24N4O4/c1-15(2,3)24-14(21)19(16(4)7-5-8-18-11-16)12-6-9-17-10-13(12)20(22)23/h6,9-10,18H,5,7-8,11H2,1-4H3. The minimum absolute atomic E-state index is 0.204. The summed E-state index contributed by atoms with van der Waals surface area (Å²) in [6.07, 6.45) is 3.60. The molecule has 0 bridgehead atoms. The highest BCUT2D eigenvalue weighted by Gasteiger charge is 2.42. The quantitative estimate of drug-likeness (QED) is 0.673. The Morgan fingerprint density at radius 1 is 1.50 bits per heavy atom. The van der Waals surface area contributed by atoms with Crippen LogP contribution in [0.5, 0.6) is 0 Å². The summed E-state index contributed by atoms with van der Waals surface area (Å²) in [7, 11) is 0. The summed E-state index contributed by atoms with van der Waals surface area (Å²) in [6.45, 7) is 8.61. The zero-order chi connectivity index (χ0) is 18.0. The van der Waals surface area contributed by atoms with Crippen LogP contribution in [0.25, 0.3) is 0 Å². The van der Waals surface area contributed by atoms with Crippen LogP contribution in [0.2, 0.25) is 0 Å². The SMILES string of the molecule is CC(C)(C)OC(=O)N(c1ccncc1[N+](=O)[O-])C1(C)CCCNC1. The van der Waals surface area contributed by atoms with Crippen LogP contribution in [-0.2, 0) is 4.74 Å². The number of ether oxygens (including phenoxy) is 1. The second-order valence-electron chi connectivity index (χ2n) is 7.21. The number of anilines is 1. The molecule has 1 aromatic heterocycles. The third kappa shape index (κ3) is 4.00. The van der Waals surface area contributed by atoms with Crippen LogP contribution in [0.15, 0.2) is 18.5 Å². The molecule has 0 spiro atoms. The first-order valence-corrected chi connectivity index (χ1v) is 7.96. The van der Waals surface area contributed by atoms with E-state index in [4.69, 9.17) is 4.74 Å². The van der Waals surface area contributed by atoms with E-state index in [1.807, 2.05) is 6.92 Å². The van der Waals surface area contributed by atoms with Gasteiger partial charge in [-0.3, -0.25) is 20.0 Å². The van der Waals surface area contributed by atoms with Gasteiger partial charge in [-0.15, -0.1) is 0 Å². The minimum atomic E-state index is -0.699. The van der Waals surface area contributed by atoms with Gasteiger partial charge in [0, 0.05) is 12.7 Å². The molecule has 8 heteroatoms. The number of carbonyl (C=O) groups is 1. The van der Waals surface area contributed by atoms with Crippen molar-refractivity contribution in [3.05, 3.63) is 28.6 Å². The number of carbonyl (C=O) groups excluding carboxylic acids is 1. The van der Waals surface area contributed by atoms with Gasteiger partial charge < -0.3 is 10.1 Å². The second kappa shape index (κ2) is 6.72. The van der Waals surface area contributed by atoms with Gasteiger partial charge in [0.15, 0.2) is 0 Å². The van der Waals surface area contributed by atoms with Crippen molar-refractivity contribution < 1.29 is 14.5 Å². The van der Waals surface area contributed by atoms with Gasteiger partial charge in [0.05, 0.1) is 10.5 Å². The van der Waals surface area contributed by atoms with E-state index in [0.29, 0.717) is 6.54 Å². The number of nitrogens with one attached hydrogen (secondary N) is 1. The lowest BCUT2D eigenvalue weighted by Crippen LogP contribution is -2.59. The summed E-state index contributed by atoms with van der Waals surface area (Å²) in [4.78, 5) is 29.0. The predicted molar refractivity (Wildman–Crippen MR) is 90.1 cm³/mol. The van der Waals surface area contributed by atoms with E-state index in [0.717, 1.165) is 25.6 Å². The predicted octanol–water partition coefficient (Wildman–Crippen LogP) is 2.87. The average molecular weight is 336 g/mol. The van der Waals surface area contributed by atoms with E-state index in [9.17, 15) is 14.9 Å². The smallest absolute Gasteiger partial charge is 0.415 e. The van der Waals surface area contributed by atoms with E-state index in [1.165, 1.54) is 17.2 Å². The average Bonchev–Trinajstić information content (AvgIpc) is 2.46. The summed E-state index contributed by atoms with van der Waals surface area (Å²) < 4.78 is 5.52. The van der Waals surface area contributed by atoms with Crippen molar-refractivity contribution >= 4 is 17.5 Å². The molecule has 132 valence electrons. The number of aromatic nitrogens is 1. The molecular formula is C16H24N4O4. The Kier molecular flexibility index (Phi) is 5.08. The maximum Gasteiger partial charge on any atom is 0.415 e. The van der Waals surface area contributed by atoms with Crippen molar-refractivity contribution in [1.82, 2.24) is 10.3 Å². The van der Waals surface area contributed by atoms with Crippen molar-refractivity contribution in [1.29, 1.82) is 0 Å². The molecule has 24 heavy (non-hydrogen) atoms. The molecule has 0 radical (unpaired) electrons. The molecule has 1 N–H and O–H groups in total. The Balaban J connectivity index is 2.51. The second-order valence-corrected chi connectivity index (χ2v) is 7.21. The monoisotopic (exact) mass is 336 g/mol. The zero-order valence-corrected chi connectivity index (χ0v) is 14.5. The molecule has 0 saturated carbocycles. The van der Waals surface area contributed by atoms with Crippen LogP contribution in [0.3, 0.4) is 0 Å².